The van der Waals surface area contributed by atoms with Gasteiger partial charge in [0.25, 0.3) is 0 Å². The number of thiazole rings is 1. The first kappa shape index (κ1) is 22.6. The summed E-state index contributed by atoms with van der Waals surface area (Å²) in [5, 5.41) is 1.98. The van der Waals surface area contributed by atoms with Crippen molar-refractivity contribution in [3.05, 3.63) is 59.5 Å². The number of aromatic nitrogens is 1. The van der Waals surface area contributed by atoms with Crippen molar-refractivity contribution in [2.45, 2.75) is 29.2 Å². The molecule has 0 radical (unpaired) electrons. The second-order valence-electron chi connectivity index (χ2n) is 7.47. The van der Waals surface area contributed by atoms with Crippen molar-refractivity contribution in [1.82, 2.24) is 4.98 Å². The lowest BCUT2D eigenvalue weighted by Gasteiger charge is -2.31. The molecule has 1 aromatic heterocycles. The zero-order chi connectivity index (χ0) is 22.9. The predicted octanol–water partition coefficient (Wildman–Crippen LogP) is 5.28. The molecule has 0 aliphatic carbocycles. The van der Waals surface area contributed by atoms with Gasteiger partial charge in [0.15, 0.2) is 15.0 Å². The molecule has 0 saturated carbocycles. The fourth-order valence-electron chi connectivity index (χ4n) is 3.79. The molecule has 0 N–H and O–H groups in total. The largest absolute Gasteiger partial charge is 0.496 e. The fraction of sp³-hybridized carbons (Fsp3) is 0.318. The van der Waals surface area contributed by atoms with Crippen molar-refractivity contribution < 1.29 is 26.3 Å². The molecular weight excluding hydrogens is 461 g/mol. The molecule has 5 nitrogen and oxygen atoms in total. The summed E-state index contributed by atoms with van der Waals surface area (Å²) in [6, 6.07) is 11.5. The molecule has 0 atom stereocenters. The van der Waals surface area contributed by atoms with Crippen LogP contribution in [0.2, 0.25) is 0 Å². The first-order chi connectivity index (χ1) is 15.2. The van der Waals surface area contributed by atoms with Gasteiger partial charge in [-0.15, -0.1) is 11.3 Å². The van der Waals surface area contributed by atoms with E-state index in [1.54, 1.807) is 7.11 Å². The number of nitrogens with zero attached hydrogens (tertiary/aromatic N) is 2. The molecule has 2 heterocycles. The van der Waals surface area contributed by atoms with E-state index in [1.165, 1.54) is 17.4 Å². The van der Waals surface area contributed by atoms with Gasteiger partial charge < -0.3 is 9.64 Å². The second kappa shape index (κ2) is 8.74. The number of para-hydroxylation sites is 1. The Morgan fingerprint density at radius 1 is 1.09 bits per heavy atom. The Kier molecular flexibility index (Phi) is 6.17. The number of ether oxygens (including phenoxy) is 1. The number of hydrogen-bond donors (Lipinski definition) is 0. The maximum absolute atomic E-state index is 13.0. The lowest BCUT2D eigenvalue weighted by Crippen LogP contribution is -2.39. The highest BCUT2D eigenvalue weighted by atomic mass is 32.2. The average molecular weight is 483 g/mol. The van der Waals surface area contributed by atoms with Crippen LogP contribution in [0.4, 0.5) is 18.3 Å². The van der Waals surface area contributed by atoms with E-state index in [2.05, 4.69) is 4.98 Å². The second-order valence-corrected chi connectivity index (χ2v) is 10.5. The highest BCUT2D eigenvalue weighted by molar-refractivity contribution is 7.92. The highest BCUT2D eigenvalue weighted by Crippen LogP contribution is 2.36. The van der Waals surface area contributed by atoms with E-state index in [-0.39, 0.29) is 4.90 Å². The van der Waals surface area contributed by atoms with Gasteiger partial charge in [-0.05, 0) is 43.2 Å². The fourth-order valence-corrected chi connectivity index (χ4v) is 6.44. The summed E-state index contributed by atoms with van der Waals surface area (Å²) in [4.78, 5) is 6.42. The molecule has 32 heavy (non-hydrogen) atoms. The Bertz CT molecular complexity index is 1200. The minimum atomic E-state index is -4.58. The molecular formula is C22H21F3N2O3S2. The quantitative estimate of drug-likeness (QED) is 0.495. The molecule has 2 aromatic carbocycles. The van der Waals surface area contributed by atoms with Crippen LogP contribution in [0.25, 0.3) is 11.3 Å². The molecule has 170 valence electrons. The number of alkyl halides is 3. The van der Waals surface area contributed by atoms with E-state index in [4.69, 9.17) is 4.74 Å². The van der Waals surface area contributed by atoms with E-state index >= 15 is 0 Å². The minimum absolute atomic E-state index is 0.279. The van der Waals surface area contributed by atoms with Crippen molar-refractivity contribution in [1.29, 1.82) is 0 Å². The Balaban J connectivity index is 1.47. The van der Waals surface area contributed by atoms with E-state index in [0.717, 1.165) is 40.3 Å². The number of piperidine rings is 1. The Labute approximate surface area is 188 Å². The van der Waals surface area contributed by atoms with Crippen LogP contribution in [-0.4, -0.2) is 38.9 Å². The summed E-state index contributed by atoms with van der Waals surface area (Å²) >= 11 is 1.46. The van der Waals surface area contributed by atoms with Crippen LogP contribution < -0.4 is 9.64 Å². The first-order valence-corrected chi connectivity index (χ1v) is 12.4. The maximum atomic E-state index is 13.0. The van der Waals surface area contributed by atoms with Crippen molar-refractivity contribution >= 4 is 26.3 Å². The SMILES string of the molecule is COc1ccccc1-c1csc(N2CCC(S(=O)(=O)c3cccc(C(F)(F)F)c3)CC2)n1. The Morgan fingerprint density at radius 3 is 2.50 bits per heavy atom. The number of hydrogen-bond acceptors (Lipinski definition) is 6. The van der Waals surface area contributed by atoms with Gasteiger partial charge in [-0.25, -0.2) is 13.4 Å². The topological polar surface area (TPSA) is 59.5 Å². The molecule has 10 heteroatoms. The zero-order valence-electron chi connectivity index (χ0n) is 17.2. The summed E-state index contributed by atoms with van der Waals surface area (Å²) in [6.45, 7) is 0.920. The molecule has 0 bridgehead atoms. The standard InChI is InChI=1S/C22H21F3N2O3S2/c1-30-20-8-3-2-7-18(20)19-14-31-21(26-19)27-11-9-16(10-12-27)32(28,29)17-6-4-5-15(13-17)22(23,24)25/h2-8,13-14,16H,9-12H2,1H3. The Hall–Kier alpha value is -2.59. The lowest BCUT2D eigenvalue weighted by molar-refractivity contribution is -0.137. The van der Waals surface area contributed by atoms with Gasteiger partial charge in [-0.3, -0.25) is 0 Å². The molecule has 1 saturated heterocycles. The van der Waals surface area contributed by atoms with Crippen molar-refractivity contribution in [3.8, 4) is 17.0 Å². The van der Waals surface area contributed by atoms with E-state index in [1.807, 2.05) is 34.5 Å². The number of methoxy groups -OCH3 is 1. The molecule has 0 spiro atoms. The maximum Gasteiger partial charge on any atom is 0.416 e. The zero-order valence-corrected chi connectivity index (χ0v) is 18.8. The van der Waals surface area contributed by atoms with Gasteiger partial charge in [0, 0.05) is 24.0 Å². The molecule has 4 rings (SSSR count). The molecule has 1 aliphatic rings. The third-order valence-corrected chi connectivity index (χ3v) is 8.68. The number of sulfone groups is 1. The van der Waals surface area contributed by atoms with Crippen LogP contribution in [0.3, 0.4) is 0 Å². The average Bonchev–Trinajstić information content (AvgIpc) is 3.29. The van der Waals surface area contributed by atoms with E-state index in [0.29, 0.717) is 25.9 Å². The van der Waals surface area contributed by atoms with Crippen LogP contribution in [0.5, 0.6) is 5.75 Å². The summed E-state index contributed by atoms with van der Waals surface area (Å²) < 4.78 is 70.3. The summed E-state index contributed by atoms with van der Waals surface area (Å²) in [5.74, 6) is 0.718. The number of anilines is 1. The monoisotopic (exact) mass is 482 g/mol. The van der Waals surface area contributed by atoms with Crippen molar-refractivity contribution in [2.75, 3.05) is 25.1 Å². The Morgan fingerprint density at radius 2 is 1.81 bits per heavy atom. The normalized spacial score (nSPS) is 15.7. The van der Waals surface area contributed by atoms with Gasteiger partial charge in [-0.2, -0.15) is 13.2 Å². The van der Waals surface area contributed by atoms with Gasteiger partial charge in [-0.1, -0.05) is 18.2 Å². The van der Waals surface area contributed by atoms with Gasteiger partial charge in [0.05, 0.1) is 28.5 Å². The molecule has 0 amide bonds. The summed E-state index contributed by atoms with van der Waals surface area (Å²) in [7, 11) is -2.26. The smallest absolute Gasteiger partial charge is 0.416 e. The predicted molar refractivity (Wildman–Crippen MR) is 118 cm³/mol. The van der Waals surface area contributed by atoms with Crippen LogP contribution in [0.15, 0.2) is 58.8 Å². The number of rotatable bonds is 5. The van der Waals surface area contributed by atoms with Crippen LogP contribution in [0.1, 0.15) is 18.4 Å². The van der Waals surface area contributed by atoms with E-state index in [9.17, 15) is 21.6 Å². The van der Waals surface area contributed by atoms with Crippen molar-refractivity contribution in [2.24, 2.45) is 0 Å². The summed E-state index contributed by atoms with van der Waals surface area (Å²) in [5.41, 5.74) is 0.698. The number of halogens is 3. The van der Waals surface area contributed by atoms with E-state index < -0.39 is 26.8 Å². The first-order valence-electron chi connectivity index (χ1n) is 9.95. The minimum Gasteiger partial charge on any atom is -0.496 e. The third-order valence-electron chi connectivity index (χ3n) is 5.52. The van der Waals surface area contributed by atoms with Gasteiger partial charge in [0.2, 0.25) is 0 Å². The number of benzene rings is 2. The van der Waals surface area contributed by atoms with Gasteiger partial charge >= 0.3 is 6.18 Å². The third kappa shape index (κ3) is 4.47. The highest BCUT2D eigenvalue weighted by Gasteiger charge is 2.35. The summed E-state index contributed by atoms with van der Waals surface area (Å²) in [6.07, 6.45) is -3.94. The van der Waals surface area contributed by atoms with Crippen LogP contribution >= 0.6 is 11.3 Å². The van der Waals surface area contributed by atoms with Gasteiger partial charge in [0.1, 0.15) is 5.75 Å². The van der Waals surface area contributed by atoms with Crippen molar-refractivity contribution in [3.63, 3.8) is 0 Å². The molecule has 1 aliphatic heterocycles. The molecule has 3 aromatic rings. The molecule has 0 unspecified atom stereocenters. The van der Waals surface area contributed by atoms with Crippen LogP contribution in [0, 0.1) is 0 Å². The lowest BCUT2D eigenvalue weighted by atomic mass is 10.1. The van der Waals surface area contributed by atoms with Crippen LogP contribution in [-0.2, 0) is 16.0 Å². The molecule has 1 fully saturated rings.